The molecule has 1 amide bonds. The molecule has 11 nitrogen and oxygen atoms in total. The number of aryl methyl sites for hydroxylation is 2. The summed E-state index contributed by atoms with van der Waals surface area (Å²) in [6.45, 7) is 7.46. The first-order valence-electron chi connectivity index (χ1n) is 11.6. The number of phosphoric acid groups is 1. The van der Waals surface area contributed by atoms with Crippen molar-refractivity contribution in [3.05, 3.63) is 70.6 Å². The van der Waals surface area contributed by atoms with Crippen molar-refractivity contribution in [2.45, 2.75) is 34.2 Å². The topological polar surface area (TPSA) is 142 Å². The summed E-state index contributed by atoms with van der Waals surface area (Å²) in [5.41, 5.74) is 3.40. The molecule has 0 saturated carbocycles. The van der Waals surface area contributed by atoms with E-state index < -0.39 is 13.7 Å². The minimum atomic E-state index is -3.71. The first-order valence-corrected chi connectivity index (χ1v) is 13.0. The number of hydrogen-bond acceptors (Lipinski definition) is 9. The molecule has 192 valence electrons. The molecule has 2 heterocycles. The van der Waals surface area contributed by atoms with Crippen LogP contribution in [-0.2, 0) is 20.2 Å². The molecule has 0 unspecified atom stereocenters. The van der Waals surface area contributed by atoms with Crippen molar-refractivity contribution in [2.24, 2.45) is 0 Å². The molecule has 2 aromatic carbocycles. The van der Waals surface area contributed by atoms with Gasteiger partial charge in [0.1, 0.15) is 17.1 Å². The largest absolute Gasteiger partial charge is 0.530 e. The van der Waals surface area contributed by atoms with E-state index in [1.165, 1.54) is 0 Å². The van der Waals surface area contributed by atoms with Crippen LogP contribution in [0.4, 0.5) is 5.95 Å². The second-order valence-corrected chi connectivity index (χ2v) is 9.60. The van der Waals surface area contributed by atoms with Gasteiger partial charge in [-0.1, -0.05) is 17.3 Å². The molecule has 0 spiro atoms. The normalized spacial score (nSPS) is 11.4. The fourth-order valence-electron chi connectivity index (χ4n) is 3.80. The summed E-state index contributed by atoms with van der Waals surface area (Å²) in [7, 11) is -3.71. The third kappa shape index (κ3) is 5.73. The lowest BCUT2D eigenvalue weighted by molar-refractivity contribution is 0.102. The number of nitriles is 1. The van der Waals surface area contributed by atoms with Crippen molar-refractivity contribution < 1.29 is 27.5 Å². The number of aromatic nitrogens is 3. The zero-order valence-corrected chi connectivity index (χ0v) is 21.7. The number of rotatable bonds is 10. The molecule has 0 fully saturated rings. The molecule has 12 heteroatoms. The summed E-state index contributed by atoms with van der Waals surface area (Å²) in [6, 6.07) is 14.2. The van der Waals surface area contributed by atoms with E-state index in [2.05, 4.69) is 21.5 Å². The van der Waals surface area contributed by atoms with Crippen LogP contribution < -0.4 is 9.84 Å². The van der Waals surface area contributed by atoms with Gasteiger partial charge in [0.25, 0.3) is 5.91 Å². The average Bonchev–Trinajstić information content (AvgIpc) is 3.38. The molecule has 0 aliphatic rings. The zero-order valence-electron chi connectivity index (χ0n) is 20.8. The predicted molar refractivity (Wildman–Crippen MR) is 135 cm³/mol. The Morgan fingerprint density at radius 2 is 1.84 bits per heavy atom. The highest BCUT2D eigenvalue weighted by Gasteiger charge is 2.27. The number of amides is 1. The number of anilines is 1. The Hall–Kier alpha value is -3.97. The summed E-state index contributed by atoms with van der Waals surface area (Å²) in [4.78, 5) is 17.6. The Morgan fingerprint density at radius 1 is 1.14 bits per heavy atom. The molecule has 0 atom stereocenters. The average molecular weight is 523 g/mol. The van der Waals surface area contributed by atoms with Crippen LogP contribution in [-0.4, -0.2) is 33.8 Å². The Labute approximate surface area is 213 Å². The van der Waals surface area contributed by atoms with Crippen LogP contribution in [0.3, 0.4) is 0 Å². The minimum absolute atomic E-state index is 0.180. The van der Waals surface area contributed by atoms with E-state index in [-0.39, 0.29) is 13.2 Å². The van der Waals surface area contributed by atoms with Gasteiger partial charge >= 0.3 is 7.82 Å². The minimum Gasteiger partial charge on any atom is -0.404 e. The summed E-state index contributed by atoms with van der Waals surface area (Å²) in [5, 5.41) is 16.0. The van der Waals surface area contributed by atoms with Gasteiger partial charge in [-0.15, -0.1) is 0 Å². The van der Waals surface area contributed by atoms with Gasteiger partial charge in [0.15, 0.2) is 0 Å². The summed E-state index contributed by atoms with van der Waals surface area (Å²) in [5.74, 6) is 0.624. The fraction of sp³-hybridized carbons (Fsp3) is 0.280. The quantitative estimate of drug-likeness (QED) is 0.271. The van der Waals surface area contributed by atoms with Crippen LogP contribution in [0.1, 0.15) is 46.8 Å². The van der Waals surface area contributed by atoms with Gasteiger partial charge in [0.05, 0.1) is 48.1 Å². The maximum atomic E-state index is 13.0. The van der Waals surface area contributed by atoms with E-state index >= 15 is 0 Å². The SMILES string of the molecule is CCOP(=O)(OCC)Oc1ccc(Cn2c(NC(=O)c3c(C)noc3C)nc3cc(C#N)ccc32)cc1. The second kappa shape index (κ2) is 11.0. The van der Waals surface area contributed by atoms with Crippen molar-refractivity contribution in [1.29, 1.82) is 5.26 Å². The Bertz CT molecular complexity index is 1490. The van der Waals surface area contributed by atoms with Crippen LogP contribution >= 0.6 is 7.82 Å². The molecule has 2 aromatic heterocycles. The van der Waals surface area contributed by atoms with Crippen molar-refractivity contribution in [3.63, 3.8) is 0 Å². The highest BCUT2D eigenvalue weighted by atomic mass is 31.2. The van der Waals surface area contributed by atoms with E-state index in [1.54, 1.807) is 70.2 Å². The third-order valence-corrected chi connectivity index (χ3v) is 7.00. The van der Waals surface area contributed by atoms with Crippen molar-refractivity contribution in [1.82, 2.24) is 14.7 Å². The van der Waals surface area contributed by atoms with Gasteiger partial charge in [0, 0.05) is 0 Å². The molecule has 0 saturated heterocycles. The summed E-state index contributed by atoms with van der Waals surface area (Å²) >= 11 is 0. The van der Waals surface area contributed by atoms with E-state index in [1.807, 2.05) is 4.57 Å². The van der Waals surface area contributed by atoms with Crippen LogP contribution in [0.15, 0.2) is 47.0 Å². The lowest BCUT2D eigenvalue weighted by Gasteiger charge is -2.17. The molecule has 4 rings (SSSR count). The van der Waals surface area contributed by atoms with Crippen LogP contribution in [0, 0.1) is 25.2 Å². The third-order valence-electron chi connectivity index (χ3n) is 5.42. The Morgan fingerprint density at radius 3 is 2.43 bits per heavy atom. The first-order chi connectivity index (χ1) is 17.8. The van der Waals surface area contributed by atoms with Crippen LogP contribution in [0.2, 0.25) is 0 Å². The predicted octanol–water partition coefficient (Wildman–Crippen LogP) is 5.37. The van der Waals surface area contributed by atoms with E-state index in [9.17, 15) is 14.6 Å². The summed E-state index contributed by atoms with van der Waals surface area (Å²) < 4.78 is 35.5. The number of carbonyl (C=O) groups excluding carboxylic acids is 1. The maximum absolute atomic E-state index is 13.0. The van der Waals surface area contributed by atoms with Crippen LogP contribution in [0.25, 0.3) is 11.0 Å². The van der Waals surface area contributed by atoms with E-state index in [0.717, 1.165) is 11.1 Å². The Balaban J connectivity index is 1.64. The van der Waals surface area contributed by atoms with Gasteiger partial charge in [-0.2, -0.15) is 5.26 Å². The Kier molecular flexibility index (Phi) is 7.74. The highest BCUT2D eigenvalue weighted by molar-refractivity contribution is 7.48. The lowest BCUT2D eigenvalue weighted by Crippen LogP contribution is -2.17. The fourth-order valence-corrected chi connectivity index (χ4v) is 4.99. The van der Waals surface area contributed by atoms with Gasteiger partial charge in [0.2, 0.25) is 5.95 Å². The molecule has 0 radical (unpaired) electrons. The zero-order chi connectivity index (χ0) is 26.6. The maximum Gasteiger partial charge on any atom is 0.530 e. The number of imidazole rings is 1. The number of phosphoric ester groups is 1. The smallest absolute Gasteiger partial charge is 0.404 e. The number of fused-ring (bicyclic) bond motifs is 1. The van der Waals surface area contributed by atoms with E-state index in [0.29, 0.717) is 46.3 Å². The van der Waals surface area contributed by atoms with Gasteiger partial charge in [-0.05, 0) is 63.6 Å². The van der Waals surface area contributed by atoms with Gasteiger partial charge in [-0.3, -0.25) is 19.2 Å². The number of benzene rings is 2. The molecule has 1 N–H and O–H groups in total. The van der Waals surface area contributed by atoms with Gasteiger partial charge < -0.3 is 13.6 Å². The van der Waals surface area contributed by atoms with Gasteiger partial charge in [-0.25, -0.2) is 9.55 Å². The second-order valence-electron chi connectivity index (χ2n) is 8.01. The highest BCUT2D eigenvalue weighted by Crippen LogP contribution is 2.49. The molecule has 0 aliphatic heterocycles. The van der Waals surface area contributed by atoms with E-state index in [4.69, 9.17) is 18.1 Å². The molecular weight excluding hydrogens is 497 g/mol. The van der Waals surface area contributed by atoms with Crippen molar-refractivity contribution in [3.8, 4) is 11.8 Å². The molecular formula is C25H26N5O6P. The van der Waals surface area contributed by atoms with Crippen LogP contribution in [0.5, 0.6) is 5.75 Å². The van der Waals surface area contributed by atoms with Crippen molar-refractivity contribution in [2.75, 3.05) is 18.5 Å². The molecule has 0 bridgehead atoms. The standard InChI is InChI=1S/C25H26N5O6P/c1-5-33-37(32,34-6-2)36-20-10-7-18(8-11-20)15-30-22-12-9-19(14-26)13-21(22)27-25(30)28-24(31)23-16(3)29-35-17(23)4/h7-13H,5-6,15H2,1-4H3,(H,27,28,31). The molecule has 0 aliphatic carbocycles. The lowest BCUT2D eigenvalue weighted by atomic mass is 10.2. The number of nitrogens with one attached hydrogen (secondary N) is 1. The van der Waals surface area contributed by atoms with Crippen molar-refractivity contribution >= 4 is 30.7 Å². The number of carbonyl (C=O) groups is 1. The summed E-state index contributed by atoms with van der Waals surface area (Å²) in [6.07, 6.45) is 0. The molecule has 4 aromatic rings. The first kappa shape index (κ1) is 26.1. The monoisotopic (exact) mass is 523 g/mol. The number of nitrogens with zero attached hydrogens (tertiary/aromatic N) is 4. The molecule has 37 heavy (non-hydrogen) atoms. The number of hydrogen-bond donors (Lipinski definition) is 1.